The highest BCUT2D eigenvalue weighted by atomic mass is 16.4. The minimum absolute atomic E-state index is 0.0378. The second-order valence-corrected chi connectivity index (χ2v) is 7.22. The van der Waals surface area contributed by atoms with Gasteiger partial charge < -0.3 is 15.3 Å². The number of Topliss-reactive ketones (excluding diaryl/α,β-unsaturated/α-hetero) is 1. The van der Waals surface area contributed by atoms with Crippen molar-refractivity contribution in [1.29, 1.82) is 0 Å². The fourth-order valence-corrected chi connectivity index (χ4v) is 3.55. The number of carboxylic acids is 1. The number of aliphatic hydroxyl groups is 2. The number of rotatable bonds is 13. The number of hydrogen-bond acceptors (Lipinski definition) is 4. The zero-order valence-electron chi connectivity index (χ0n) is 15.4. The first-order valence-corrected chi connectivity index (χ1v) is 9.74. The Balaban J connectivity index is 2.41. The molecule has 0 aromatic carbocycles. The van der Waals surface area contributed by atoms with Gasteiger partial charge in [-0.05, 0) is 19.3 Å². The summed E-state index contributed by atoms with van der Waals surface area (Å²) in [5.74, 6) is -1.12. The smallest absolute Gasteiger partial charge is 0.303 e. The molecule has 0 aliphatic heterocycles. The quantitative estimate of drug-likeness (QED) is 0.348. The molecule has 5 nitrogen and oxygen atoms in total. The van der Waals surface area contributed by atoms with Crippen molar-refractivity contribution in [2.75, 3.05) is 0 Å². The van der Waals surface area contributed by atoms with Crippen molar-refractivity contribution in [3.8, 4) is 0 Å². The van der Waals surface area contributed by atoms with Crippen LogP contribution in [0.3, 0.4) is 0 Å². The van der Waals surface area contributed by atoms with Gasteiger partial charge in [0, 0.05) is 24.7 Å². The van der Waals surface area contributed by atoms with Gasteiger partial charge in [-0.15, -0.1) is 0 Å². The number of aliphatic hydroxyl groups excluding tert-OH is 2. The van der Waals surface area contributed by atoms with Crippen LogP contribution >= 0.6 is 0 Å². The van der Waals surface area contributed by atoms with Gasteiger partial charge in [-0.2, -0.15) is 0 Å². The van der Waals surface area contributed by atoms with Crippen LogP contribution in [0.1, 0.15) is 77.6 Å². The highest BCUT2D eigenvalue weighted by Gasteiger charge is 2.39. The summed E-state index contributed by atoms with van der Waals surface area (Å²) < 4.78 is 0. The predicted octanol–water partition coefficient (Wildman–Crippen LogP) is 3.48. The molecule has 0 amide bonds. The van der Waals surface area contributed by atoms with E-state index in [-0.39, 0.29) is 30.5 Å². The Morgan fingerprint density at radius 3 is 2.56 bits per heavy atom. The molecule has 0 saturated heterocycles. The van der Waals surface area contributed by atoms with Crippen molar-refractivity contribution in [2.45, 2.75) is 89.8 Å². The highest BCUT2D eigenvalue weighted by molar-refractivity contribution is 5.84. The number of carboxylic acid groups (broad SMARTS) is 1. The van der Waals surface area contributed by atoms with Gasteiger partial charge in [-0.25, -0.2) is 0 Å². The second kappa shape index (κ2) is 12.2. The molecule has 1 saturated carbocycles. The minimum atomic E-state index is -0.869. The lowest BCUT2D eigenvalue weighted by atomic mass is 9.88. The number of unbranched alkanes of at least 4 members (excludes halogenated alkanes) is 5. The van der Waals surface area contributed by atoms with E-state index >= 15 is 0 Å². The summed E-state index contributed by atoms with van der Waals surface area (Å²) in [6, 6.07) is 0. The summed E-state index contributed by atoms with van der Waals surface area (Å²) in [5.41, 5.74) is 0. The molecular weight excluding hydrogens is 320 g/mol. The molecule has 3 N–H and O–H groups in total. The Morgan fingerprint density at radius 1 is 1.20 bits per heavy atom. The fraction of sp³-hybridized carbons (Fsp3) is 0.800. The van der Waals surface area contributed by atoms with Crippen LogP contribution in [0.2, 0.25) is 0 Å². The van der Waals surface area contributed by atoms with Crippen molar-refractivity contribution >= 4 is 11.8 Å². The first-order valence-electron chi connectivity index (χ1n) is 9.74. The predicted molar refractivity (Wildman–Crippen MR) is 97.2 cm³/mol. The van der Waals surface area contributed by atoms with Crippen molar-refractivity contribution in [1.82, 2.24) is 0 Å². The molecule has 0 aromatic heterocycles. The van der Waals surface area contributed by atoms with Gasteiger partial charge in [0.15, 0.2) is 0 Å². The van der Waals surface area contributed by atoms with Gasteiger partial charge in [-0.3, -0.25) is 9.59 Å². The molecule has 0 spiro atoms. The van der Waals surface area contributed by atoms with Crippen LogP contribution in [0, 0.1) is 11.8 Å². The average Bonchev–Trinajstić information content (AvgIpc) is 2.81. The number of hydrogen-bond donors (Lipinski definition) is 3. The molecule has 1 fully saturated rings. The Kier molecular flexibility index (Phi) is 10.7. The fourth-order valence-electron chi connectivity index (χ4n) is 3.55. The summed E-state index contributed by atoms with van der Waals surface area (Å²) in [5, 5.41) is 28.7. The summed E-state index contributed by atoms with van der Waals surface area (Å²) in [6.45, 7) is 2.19. The molecule has 0 bridgehead atoms. The molecule has 144 valence electrons. The van der Waals surface area contributed by atoms with Crippen LogP contribution in [-0.4, -0.2) is 39.3 Å². The summed E-state index contributed by atoms with van der Waals surface area (Å²) in [6.07, 6.45) is 10.8. The Bertz CT molecular complexity index is 432. The van der Waals surface area contributed by atoms with Crippen LogP contribution < -0.4 is 0 Å². The monoisotopic (exact) mass is 354 g/mol. The van der Waals surface area contributed by atoms with Gasteiger partial charge in [-0.1, -0.05) is 57.6 Å². The van der Waals surface area contributed by atoms with Crippen LogP contribution in [0.5, 0.6) is 0 Å². The van der Waals surface area contributed by atoms with Gasteiger partial charge in [0.05, 0.1) is 12.2 Å². The third kappa shape index (κ3) is 8.63. The Hall–Kier alpha value is -1.20. The lowest BCUT2D eigenvalue weighted by molar-refractivity contribution is -0.137. The number of aliphatic carboxylic acids is 1. The topological polar surface area (TPSA) is 94.8 Å². The molecular formula is C20H34O5. The largest absolute Gasteiger partial charge is 0.481 e. The maximum atomic E-state index is 12.1. The molecule has 25 heavy (non-hydrogen) atoms. The number of carbonyl (C=O) groups excluding carboxylic acids is 1. The zero-order chi connectivity index (χ0) is 18.7. The summed E-state index contributed by atoms with van der Waals surface area (Å²) >= 11 is 0. The van der Waals surface area contributed by atoms with E-state index in [9.17, 15) is 19.8 Å². The van der Waals surface area contributed by atoms with E-state index < -0.39 is 18.2 Å². The Morgan fingerprint density at radius 2 is 1.88 bits per heavy atom. The average molecular weight is 354 g/mol. The highest BCUT2D eigenvalue weighted by Crippen LogP contribution is 2.34. The lowest BCUT2D eigenvalue weighted by Gasteiger charge is -2.18. The number of carbonyl (C=O) groups is 2. The molecule has 0 unspecified atom stereocenters. The van der Waals surface area contributed by atoms with Crippen molar-refractivity contribution in [2.24, 2.45) is 11.8 Å². The van der Waals surface area contributed by atoms with Gasteiger partial charge >= 0.3 is 5.97 Å². The van der Waals surface area contributed by atoms with Crippen molar-refractivity contribution < 1.29 is 24.9 Å². The Labute approximate surface area is 151 Å². The molecule has 0 heterocycles. The maximum Gasteiger partial charge on any atom is 0.303 e. The van der Waals surface area contributed by atoms with Crippen molar-refractivity contribution in [3.05, 3.63) is 12.2 Å². The van der Waals surface area contributed by atoms with Crippen LogP contribution in [0.15, 0.2) is 12.2 Å². The summed E-state index contributed by atoms with van der Waals surface area (Å²) in [4.78, 5) is 22.6. The molecule has 4 atom stereocenters. The van der Waals surface area contributed by atoms with Gasteiger partial charge in [0.1, 0.15) is 5.78 Å². The van der Waals surface area contributed by atoms with E-state index in [1.165, 1.54) is 25.7 Å². The maximum absolute atomic E-state index is 12.1. The van der Waals surface area contributed by atoms with Crippen LogP contribution in [0.25, 0.3) is 0 Å². The molecule has 1 aliphatic carbocycles. The van der Waals surface area contributed by atoms with E-state index in [0.29, 0.717) is 12.8 Å². The second-order valence-electron chi connectivity index (χ2n) is 7.22. The molecule has 5 heteroatoms. The van der Waals surface area contributed by atoms with E-state index in [4.69, 9.17) is 5.11 Å². The third-order valence-corrected chi connectivity index (χ3v) is 5.05. The normalized spacial score (nSPS) is 24.9. The molecule has 1 aliphatic rings. The van der Waals surface area contributed by atoms with E-state index in [1.807, 2.05) is 0 Å². The van der Waals surface area contributed by atoms with E-state index in [2.05, 4.69) is 6.92 Å². The van der Waals surface area contributed by atoms with Crippen LogP contribution in [0.4, 0.5) is 0 Å². The zero-order valence-corrected chi connectivity index (χ0v) is 15.4. The standard InChI is InChI=1S/C20H34O5/c1-2-3-4-5-6-7-10-16-17(19(23)14-18(16)22)13-12-15(21)9-8-11-20(24)25/h12-13,15-17,19,21,23H,2-11,14H2,1H3,(H,24,25)/b13-12+/t15-,16+,17+,19+/m0/s1. The molecule has 0 aromatic rings. The minimum Gasteiger partial charge on any atom is -0.481 e. The molecule has 0 radical (unpaired) electrons. The van der Waals surface area contributed by atoms with Crippen molar-refractivity contribution in [3.63, 3.8) is 0 Å². The first kappa shape index (κ1) is 21.8. The van der Waals surface area contributed by atoms with E-state index in [0.717, 1.165) is 19.3 Å². The molecule has 1 rings (SSSR count). The SMILES string of the molecule is CCCCCCCC[C@H]1C(=O)C[C@@H](O)[C@@H]1/C=C/[C@@H](O)CCCC(=O)O. The van der Waals surface area contributed by atoms with Crippen LogP contribution in [-0.2, 0) is 9.59 Å². The third-order valence-electron chi connectivity index (χ3n) is 5.05. The van der Waals surface area contributed by atoms with E-state index in [1.54, 1.807) is 12.2 Å². The van der Waals surface area contributed by atoms with Gasteiger partial charge in [0.25, 0.3) is 0 Å². The lowest BCUT2D eigenvalue weighted by Crippen LogP contribution is -2.19. The number of ketones is 1. The summed E-state index contributed by atoms with van der Waals surface area (Å²) in [7, 11) is 0. The van der Waals surface area contributed by atoms with Gasteiger partial charge in [0.2, 0.25) is 0 Å². The first-order chi connectivity index (χ1) is 12.0.